The van der Waals surface area contributed by atoms with Crippen LogP contribution in [0.4, 0.5) is 4.39 Å². The predicted molar refractivity (Wildman–Crippen MR) is 90.3 cm³/mol. The molecule has 0 fully saturated rings. The van der Waals surface area contributed by atoms with Gasteiger partial charge in [0.2, 0.25) is 0 Å². The molecule has 2 aromatic carbocycles. The molecule has 2 rings (SSSR count). The molecule has 0 aliphatic heterocycles. The third-order valence-corrected chi connectivity index (χ3v) is 4.41. The molecule has 0 bridgehead atoms. The maximum absolute atomic E-state index is 13.6. The highest BCUT2D eigenvalue weighted by molar-refractivity contribution is 9.10. The van der Waals surface area contributed by atoms with Crippen molar-refractivity contribution in [3.8, 4) is 0 Å². The van der Waals surface area contributed by atoms with Crippen LogP contribution < -0.4 is 5.32 Å². The molecule has 1 atom stereocenters. The van der Waals surface area contributed by atoms with Gasteiger partial charge < -0.3 is 5.32 Å². The van der Waals surface area contributed by atoms with Crippen LogP contribution >= 0.6 is 15.9 Å². The Hall–Kier alpha value is -1.19. The Morgan fingerprint density at radius 2 is 1.71 bits per heavy atom. The topological polar surface area (TPSA) is 12.0 Å². The van der Waals surface area contributed by atoms with Crippen LogP contribution in [0.25, 0.3) is 0 Å². The smallest absolute Gasteiger partial charge is 0.123 e. The van der Waals surface area contributed by atoms with Gasteiger partial charge in [-0.1, -0.05) is 35.0 Å². The molecule has 0 aliphatic carbocycles. The lowest BCUT2D eigenvalue weighted by atomic mass is 9.90. The van der Waals surface area contributed by atoms with E-state index in [2.05, 4.69) is 53.3 Å². The van der Waals surface area contributed by atoms with E-state index in [0.717, 1.165) is 27.7 Å². The van der Waals surface area contributed by atoms with Crippen molar-refractivity contribution in [2.75, 3.05) is 6.54 Å². The molecule has 1 N–H and O–H groups in total. The minimum Gasteiger partial charge on any atom is -0.306 e. The Balaban J connectivity index is 2.59. The summed E-state index contributed by atoms with van der Waals surface area (Å²) in [4.78, 5) is 0. The summed E-state index contributed by atoms with van der Waals surface area (Å²) >= 11 is 3.66. The van der Waals surface area contributed by atoms with E-state index in [1.807, 2.05) is 13.8 Å². The van der Waals surface area contributed by atoms with Gasteiger partial charge >= 0.3 is 0 Å². The van der Waals surface area contributed by atoms with Crippen LogP contribution in [0.2, 0.25) is 0 Å². The fourth-order valence-electron chi connectivity index (χ4n) is 2.82. The average Bonchev–Trinajstić information content (AvgIpc) is 2.37. The third-order valence-electron chi connectivity index (χ3n) is 3.72. The minimum atomic E-state index is -0.174. The number of hydrogen-bond acceptors (Lipinski definition) is 1. The highest BCUT2D eigenvalue weighted by Gasteiger charge is 2.20. The standard InChI is InChI=1S/C18H21BrFN/c1-5-21-18(15-7-6-11(2)8-16(15)19)17-12(3)9-14(20)10-13(17)4/h6-10,18,21H,5H2,1-4H3. The molecule has 112 valence electrons. The molecule has 1 nitrogen and oxygen atoms in total. The van der Waals surface area contributed by atoms with E-state index in [1.54, 1.807) is 12.1 Å². The molecular weight excluding hydrogens is 329 g/mol. The maximum Gasteiger partial charge on any atom is 0.123 e. The summed E-state index contributed by atoms with van der Waals surface area (Å²) in [6.45, 7) is 8.95. The molecule has 0 saturated heterocycles. The van der Waals surface area contributed by atoms with Crippen molar-refractivity contribution in [3.05, 3.63) is 68.4 Å². The Morgan fingerprint density at radius 1 is 1.10 bits per heavy atom. The van der Waals surface area contributed by atoms with E-state index in [9.17, 15) is 4.39 Å². The van der Waals surface area contributed by atoms with Crippen molar-refractivity contribution in [2.45, 2.75) is 33.7 Å². The lowest BCUT2D eigenvalue weighted by Gasteiger charge is -2.24. The van der Waals surface area contributed by atoms with Crippen LogP contribution in [0.5, 0.6) is 0 Å². The first-order valence-electron chi connectivity index (χ1n) is 7.20. The van der Waals surface area contributed by atoms with E-state index in [4.69, 9.17) is 0 Å². The van der Waals surface area contributed by atoms with Gasteiger partial charge in [0.05, 0.1) is 6.04 Å². The fourth-order valence-corrected chi connectivity index (χ4v) is 3.54. The van der Waals surface area contributed by atoms with E-state index >= 15 is 0 Å². The Bertz CT molecular complexity index is 629. The zero-order valence-corrected chi connectivity index (χ0v) is 14.5. The van der Waals surface area contributed by atoms with Crippen molar-refractivity contribution in [3.63, 3.8) is 0 Å². The van der Waals surface area contributed by atoms with Crippen LogP contribution in [0.1, 0.15) is 40.8 Å². The van der Waals surface area contributed by atoms with Crippen LogP contribution in [0.3, 0.4) is 0 Å². The monoisotopic (exact) mass is 349 g/mol. The molecule has 3 heteroatoms. The quantitative estimate of drug-likeness (QED) is 0.798. The normalized spacial score (nSPS) is 12.5. The number of aryl methyl sites for hydroxylation is 3. The van der Waals surface area contributed by atoms with E-state index in [1.165, 1.54) is 11.1 Å². The number of hydrogen-bond donors (Lipinski definition) is 1. The lowest BCUT2D eigenvalue weighted by molar-refractivity contribution is 0.605. The van der Waals surface area contributed by atoms with Gasteiger partial charge in [0.15, 0.2) is 0 Å². The second-order valence-electron chi connectivity index (χ2n) is 5.47. The molecular formula is C18H21BrFN. The van der Waals surface area contributed by atoms with Crippen molar-refractivity contribution in [1.29, 1.82) is 0 Å². The Kier molecular flexibility index (Phi) is 5.17. The highest BCUT2D eigenvalue weighted by atomic mass is 79.9. The molecule has 0 amide bonds. The average molecular weight is 350 g/mol. The van der Waals surface area contributed by atoms with E-state index in [-0.39, 0.29) is 11.9 Å². The van der Waals surface area contributed by atoms with Gasteiger partial charge in [0.25, 0.3) is 0 Å². The summed E-state index contributed by atoms with van der Waals surface area (Å²) in [6.07, 6.45) is 0. The number of nitrogens with one attached hydrogen (secondary N) is 1. The molecule has 0 spiro atoms. The van der Waals surface area contributed by atoms with Crippen molar-refractivity contribution < 1.29 is 4.39 Å². The number of halogens is 2. The molecule has 0 saturated carbocycles. The lowest BCUT2D eigenvalue weighted by Crippen LogP contribution is -2.24. The number of benzene rings is 2. The van der Waals surface area contributed by atoms with Gasteiger partial charge in [-0.3, -0.25) is 0 Å². The second kappa shape index (κ2) is 6.71. The van der Waals surface area contributed by atoms with Crippen LogP contribution in [-0.2, 0) is 0 Å². The molecule has 0 aromatic heterocycles. The molecule has 0 aliphatic rings. The second-order valence-corrected chi connectivity index (χ2v) is 6.32. The predicted octanol–water partition coefficient (Wildman–Crippen LogP) is 5.21. The minimum absolute atomic E-state index is 0.0607. The summed E-state index contributed by atoms with van der Waals surface area (Å²) in [6, 6.07) is 9.64. The summed E-state index contributed by atoms with van der Waals surface area (Å²) < 4.78 is 14.6. The first-order chi connectivity index (χ1) is 9.93. The van der Waals surface area contributed by atoms with Crippen LogP contribution in [-0.4, -0.2) is 6.54 Å². The fraction of sp³-hybridized carbons (Fsp3) is 0.333. The van der Waals surface area contributed by atoms with Gasteiger partial charge in [-0.05, 0) is 73.3 Å². The van der Waals surface area contributed by atoms with Crippen molar-refractivity contribution >= 4 is 15.9 Å². The third kappa shape index (κ3) is 3.53. The van der Waals surface area contributed by atoms with Crippen molar-refractivity contribution in [2.24, 2.45) is 0 Å². The Labute approximate surface area is 134 Å². The first-order valence-corrected chi connectivity index (χ1v) is 7.99. The molecule has 2 aromatic rings. The summed E-state index contributed by atoms with van der Waals surface area (Å²) in [5, 5.41) is 3.52. The van der Waals surface area contributed by atoms with Crippen LogP contribution in [0.15, 0.2) is 34.8 Å². The van der Waals surface area contributed by atoms with Gasteiger partial charge in [-0.2, -0.15) is 0 Å². The molecule has 21 heavy (non-hydrogen) atoms. The molecule has 0 radical (unpaired) electrons. The molecule has 1 unspecified atom stereocenters. The summed E-state index contributed by atoms with van der Waals surface area (Å²) in [7, 11) is 0. The van der Waals surface area contributed by atoms with Gasteiger partial charge in [-0.15, -0.1) is 0 Å². The largest absolute Gasteiger partial charge is 0.306 e. The van der Waals surface area contributed by atoms with Gasteiger partial charge in [0.1, 0.15) is 5.82 Å². The van der Waals surface area contributed by atoms with E-state index in [0.29, 0.717) is 0 Å². The van der Waals surface area contributed by atoms with Crippen LogP contribution in [0, 0.1) is 26.6 Å². The zero-order valence-electron chi connectivity index (χ0n) is 12.9. The number of rotatable bonds is 4. The SMILES string of the molecule is CCNC(c1ccc(C)cc1Br)c1c(C)cc(F)cc1C. The highest BCUT2D eigenvalue weighted by Crippen LogP contribution is 2.33. The van der Waals surface area contributed by atoms with E-state index < -0.39 is 0 Å². The van der Waals surface area contributed by atoms with Crippen molar-refractivity contribution in [1.82, 2.24) is 5.32 Å². The maximum atomic E-state index is 13.6. The van der Waals surface area contributed by atoms with Gasteiger partial charge in [0, 0.05) is 4.47 Å². The Morgan fingerprint density at radius 3 is 2.24 bits per heavy atom. The summed E-state index contributed by atoms with van der Waals surface area (Å²) in [5.41, 5.74) is 5.51. The zero-order chi connectivity index (χ0) is 15.6. The molecule has 0 heterocycles. The first kappa shape index (κ1) is 16.2. The summed E-state index contributed by atoms with van der Waals surface area (Å²) in [5.74, 6) is -0.174. The van der Waals surface area contributed by atoms with Gasteiger partial charge in [-0.25, -0.2) is 4.39 Å².